The van der Waals surface area contributed by atoms with Crippen LogP contribution in [0.15, 0.2) is 36.4 Å². The van der Waals surface area contributed by atoms with Crippen molar-refractivity contribution in [1.82, 2.24) is 10.6 Å². The summed E-state index contributed by atoms with van der Waals surface area (Å²) in [6.07, 6.45) is 9.35. The first kappa shape index (κ1) is 35.4. The van der Waals surface area contributed by atoms with Gasteiger partial charge in [0.15, 0.2) is 23.0 Å². The largest absolute Gasteiger partial charge is 0.504 e. The van der Waals surface area contributed by atoms with Gasteiger partial charge < -0.3 is 36.5 Å². The molecule has 2 aromatic carbocycles. The maximum absolute atomic E-state index is 9.95. The monoisotopic (exact) mass is 620 g/mol. The zero-order valence-electron chi connectivity index (χ0n) is 20.6. The van der Waals surface area contributed by atoms with Crippen LogP contribution >= 0.6 is 34.0 Å². The van der Waals surface area contributed by atoms with Gasteiger partial charge in [-0.15, -0.1) is 34.0 Å². The number of benzene rings is 2. The number of nitrogens with one attached hydrogen (secondary N) is 2. The molecule has 0 aliphatic heterocycles. The molecule has 7 nitrogen and oxygen atoms in total. The highest BCUT2D eigenvalue weighted by Crippen LogP contribution is 2.32. The molecule has 2 aromatic rings. The average molecular weight is 622 g/mol. The van der Waals surface area contributed by atoms with Crippen molar-refractivity contribution in [3.63, 3.8) is 0 Å². The van der Waals surface area contributed by atoms with E-state index in [9.17, 15) is 20.4 Å². The van der Waals surface area contributed by atoms with Crippen molar-refractivity contribution in [3.05, 3.63) is 58.7 Å². The predicted octanol–water partition coefficient (Wildman–Crippen LogP) is 4.27. The molecule has 9 heteroatoms. The third kappa shape index (κ3) is 11.2. The standard InChI is InChI=1S/C26H38N2O4.2BrH.H2O/c1-3-21-19(9-11-23(29)25(21)31)13-17-27-15-7-5-6-8-16-28-18-14-20-10-12-24(30)26(32)22(20)4-2;;;/h5-6,9-12,27-32H,3-4,7-8,13-18H2,1-2H3;2*1H;1H2/b6-5+;;;. The first-order valence-electron chi connectivity index (χ1n) is 11.6. The molecule has 0 aromatic heterocycles. The smallest absolute Gasteiger partial charge is 0.160 e. The van der Waals surface area contributed by atoms with Gasteiger partial charge in [-0.1, -0.05) is 38.1 Å². The van der Waals surface area contributed by atoms with Gasteiger partial charge in [0.1, 0.15) is 0 Å². The molecule has 0 aliphatic rings. The zero-order valence-corrected chi connectivity index (χ0v) is 24.1. The Balaban J connectivity index is 0. The molecule has 0 radical (unpaired) electrons. The maximum Gasteiger partial charge on any atom is 0.160 e. The molecule has 0 heterocycles. The molecular formula is C26H42Br2N2O5. The van der Waals surface area contributed by atoms with E-state index in [1.807, 2.05) is 26.0 Å². The molecule has 2 rings (SSSR count). The number of aromatic hydroxyl groups is 4. The molecule has 0 spiro atoms. The van der Waals surface area contributed by atoms with Crippen molar-refractivity contribution in [2.45, 2.75) is 52.4 Å². The first-order valence-corrected chi connectivity index (χ1v) is 11.6. The Hall–Kier alpha value is -1.78. The van der Waals surface area contributed by atoms with E-state index in [2.05, 4.69) is 22.8 Å². The summed E-state index contributed by atoms with van der Waals surface area (Å²) in [5, 5.41) is 46.0. The van der Waals surface area contributed by atoms with Crippen molar-refractivity contribution in [3.8, 4) is 23.0 Å². The fourth-order valence-electron chi connectivity index (χ4n) is 3.89. The number of halogens is 2. The summed E-state index contributed by atoms with van der Waals surface area (Å²) in [5.74, 6) is -0.0887. The second-order valence-electron chi connectivity index (χ2n) is 7.90. The van der Waals surface area contributed by atoms with Crippen molar-refractivity contribution in [2.24, 2.45) is 0 Å². The Kier molecular flexibility index (Phi) is 19.6. The molecule has 200 valence electrons. The van der Waals surface area contributed by atoms with E-state index in [0.717, 1.165) is 74.1 Å². The number of rotatable bonds is 14. The van der Waals surface area contributed by atoms with Crippen LogP contribution < -0.4 is 10.6 Å². The van der Waals surface area contributed by atoms with Gasteiger partial charge in [0, 0.05) is 11.1 Å². The summed E-state index contributed by atoms with van der Waals surface area (Å²) < 4.78 is 0. The van der Waals surface area contributed by atoms with Crippen molar-refractivity contribution in [1.29, 1.82) is 0 Å². The summed E-state index contributed by atoms with van der Waals surface area (Å²) in [6.45, 7) is 7.43. The number of phenolic OH excluding ortho intramolecular Hbond substituents is 4. The Morgan fingerprint density at radius 1 is 0.629 bits per heavy atom. The topological polar surface area (TPSA) is 136 Å². The van der Waals surface area contributed by atoms with Crippen molar-refractivity contribution < 1.29 is 25.9 Å². The predicted molar refractivity (Wildman–Crippen MR) is 154 cm³/mol. The van der Waals surface area contributed by atoms with Crippen molar-refractivity contribution in [2.75, 3.05) is 26.2 Å². The van der Waals surface area contributed by atoms with Crippen LogP contribution in [0.5, 0.6) is 23.0 Å². The highest BCUT2D eigenvalue weighted by molar-refractivity contribution is 8.93. The Morgan fingerprint density at radius 3 is 1.34 bits per heavy atom. The van der Waals surface area contributed by atoms with Gasteiger partial charge in [-0.05, 0) is 88.0 Å². The van der Waals surface area contributed by atoms with E-state index in [1.165, 1.54) is 0 Å². The minimum absolute atomic E-state index is 0. The summed E-state index contributed by atoms with van der Waals surface area (Å²) in [6, 6.07) is 6.88. The summed E-state index contributed by atoms with van der Waals surface area (Å²) >= 11 is 0. The maximum atomic E-state index is 9.95. The zero-order chi connectivity index (χ0) is 23.3. The van der Waals surface area contributed by atoms with E-state index in [1.54, 1.807) is 12.1 Å². The molecule has 0 amide bonds. The lowest BCUT2D eigenvalue weighted by Gasteiger charge is -2.11. The molecular weight excluding hydrogens is 580 g/mol. The quantitative estimate of drug-likeness (QED) is 0.106. The molecule has 8 N–H and O–H groups in total. The second kappa shape index (κ2) is 19.4. The number of hydrogen-bond donors (Lipinski definition) is 6. The SMILES string of the molecule is Br.Br.CCc1c(CCNCC/C=C/CCNCCc2ccc(O)c(O)c2CC)ccc(O)c1O.O. The van der Waals surface area contributed by atoms with Crippen LogP contribution in [0.1, 0.15) is 48.9 Å². The molecule has 0 aliphatic carbocycles. The van der Waals surface area contributed by atoms with Crippen LogP contribution in [-0.4, -0.2) is 52.1 Å². The van der Waals surface area contributed by atoms with E-state index < -0.39 is 0 Å². The van der Waals surface area contributed by atoms with Gasteiger partial charge in [-0.2, -0.15) is 0 Å². The van der Waals surface area contributed by atoms with E-state index in [0.29, 0.717) is 12.8 Å². The Bertz CT molecular complexity index is 823. The van der Waals surface area contributed by atoms with E-state index >= 15 is 0 Å². The van der Waals surface area contributed by atoms with Gasteiger partial charge in [0.2, 0.25) is 0 Å². The summed E-state index contributed by atoms with van der Waals surface area (Å²) in [4.78, 5) is 0. The first-order chi connectivity index (χ1) is 15.5. The normalized spacial score (nSPS) is 10.5. The molecule has 0 atom stereocenters. The van der Waals surface area contributed by atoms with Gasteiger partial charge >= 0.3 is 0 Å². The fourth-order valence-corrected chi connectivity index (χ4v) is 3.89. The van der Waals surface area contributed by atoms with E-state index in [4.69, 9.17) is 0 Å². The average Bonchev–Trinajstić information content (AvgIpc) is 2.79. The van der Waals surface area contributed by atoms with Crippen LogP contribution in [0.2, 0.25) is 0 Å². The lowest BCUT2D eigenvalue weighted by atomic mass is 10.0. The number of phenols is 4. The van der Waals surface area contributed by atoms with Crippen LogP contribution in [0.3, 0.4) is 0 Å². The highest BCUT2D eigenvalue weighted by Gasteiger charge is 2.11. The molecule has 0 saturated heterocycles. The third-order valence-corrected chi connectivity index (χ3v) is 5.71. The highest BCUT2D eigenvalue weighted by atomic mass is 79.9. The van der Waals surface area contributed by atoms with Crippen molar-refractivity contribution >= 4 is 34.0 Å². The minimum atomic E-state index is -0.0523. The number of hydrogen-bond acceptors (Lipinski definition) is 6. The van der Waals surface area contributed by atoms with Gasteiger partial charge in [-0.3, -0.25) is 0 Å². The van der Waals surface area contributed by atoms with Crippen LogP contribution in [0.4, 0.5) is 0 Å². The van der Waals surface area contributed by atoms with Crippen LogP contribution in [-0.2, 0) is 25.7 Å². The molecule has 0 saturated carbocycles. The third-order valence-electron chi connectivity index (χ3n) is 5.71. The molecule has 0 unspecified atom stereocenters. The lowest BCUT2D eigenvalue weighted by Crippen LogP contribution is -2.19. The lowest BCUT2D eigenvalue weighted by molar-refractivity contribution is 0.399. The van der Waals surface area contributed by atoms with Crippen LogP contribution in [0, 0.1) is 0 Å². The van der Waals surface area contributed by atoms with Gasteiger partial charge in [0.25, 0.3) is 0 Å². The molecule has 35 heavy (non-hydrogen) atoms. The second-order valence-corrected chi connectivity index (χ2v) is 7.90. The fraction of sp³-hybridized carbons (Fsp3) is 0.462. The van der Waals surface area contributed by atoms with Gasteiger partial charge in [0.05, 0.1) is 0 Å². The summed E-state index contributed by atoms with van der Waals surface area (Å²) in [7, 11) is 0. The van der Waals surface area contributed by atoms with Crippen LogP contribution in [0.25, 0.3) is 0 Å². The molecule has 0 fully saturated rings. The summed E-state index contributed by atoms with van der Waals surface area (Å²) in [5.41, 5.74) is 3.80. The Morgan fingerprint density at radius 2 is 1.00 bits per heavy atom. The Labute approximate surface area is 230 Å². The molecule has 0 bridgehead atoms. The minimum Gasteiger partial charge on any atom is -0.504 e. The van der Waals surface area contributed by atoms with Gasteiger partial charge in [-0.25, -0.2) is 0 Å². The van der Waals surface area contributed by atoms with E-state index in [-0.39, 0.29) is 62.4 Å².